The van der Waals surface area contributed by atoms with Gasteiger partial charge in [-0.3, -0.25) is 0 Å². The molecule has 0 spiro atoms. The molecule has 2 rings (SSSR count). The number of nitrogens with one attached hydrogen (secondary N) is 1. The molecule has 1 aromatic heterocycles. The fourth-order valence-corrected chi connectivity index (χ4v) is 2.56. The predicted octanol–water partition coefficient (Wildman–Crippen LogP) is 3.33. The summed E-state index contributed by atoms with van der Waals surface area (Å²) >= 11 is 3.48. The highest BCUT2D eigenvalue weighted by Gasteiger charge is 2.17. The van der Waals surface area contributed by atoms with Crippen LogP contribution in [0.2, 0.25) is 0 Å². The van der Waals surface area contributed by atoms with Crippen LogP contribution in [0.5, 0.6) is 0 Å². The molecule has 4 heteroatoms. The van der Waals surface area contributed by atoms with Crippen molar-refractivity contribution in [1.29, 1.82) is 0 Å². The molecule has 1 aromatic carbocycles. The van der Waals surface area contributed by atoms with Crippen molar-refractivity contribution in [2.75, 3.05) is 7.11 Å². The average Bonchev–Trinajstić information content (AvgIpc) is 2.54. The molecule has 0 unspecified atom stereocenters. The second kappa shape index (κ2) is 3.94. The third-order valence-electron chi connectivity index (χ3n) is 2.58. The number of carbonyl (C=O) groups is 1. The first kappa shape index (κ1) is 11.2. The zero-order chi connectivity index (χ0) is 11.9. The van der Waals surface area contributed by atoms with Gasteiger partial charge in [0.1, 0.15) is 0 Å². The quantitative estimate of drug-likeness (QED) is 0.815. The highest BCUT2D eigenvalue weighted by molar-refractivity contribution is 9.10. The summed E-state index contributed by atoms with van der Waals surface area (Å²) < 4.78 is 5.75. The SMILES string of the molecule is COC(=O)c1c(C)[nH]c2c(Br)cc(C)cc12. The number of ether oxygens (including phenoxy) is 1. The number of H-pyrrole nitrogens is 1. The molecule has 0 atom stereocenters. The first-order valence-corrected chi connectivity index (χ1v) is 5.70. The van der Waals surface area contributed by atoms with Crippen molar-refractivity contribution in [2.45, 2.75) is 13.8 Å². The molecule has 0 aliphatic heterocycles. The second-order valence-electron chi connectivity index (χ2n) is 3.79. The number of hydrogen-bond acceptors (Lipinski definition) is 2. The summed E-state index contributed by atoms with van der Waals surface area (Å²) in [5.74, 6) is -0.304. The molecule has 1 heterocycles. The van der Waals surface area contributed by atoms with Gasteiger partial charge in [0.2, 0.25) is 0 Å². The van der Waals surface area contributed by atoms with E-state index in [9.17, 15) is 4.79 Å². The minimum Gasteiger partial charge on any atom is -0.465 e. The summed E-state index contributed by atoms with van der Waals surface area (Å²) in [6.45, 7) is 3.86. The lowest BCUT2D eigenvalue weighted by atomic mass is 10.1. The van der Waals surface area contributed by atoms with E-state index in [-0.39, 0.29) is 5.97 Å². The van der Waals surface area contributed by atoms with E-state index in [1.165, 1.54) is 7.11 Å². The predicted molar refractivity (Wildman–Crippen MR) is 66.8 cm³/mol. The van der Waals surface area contributed by atoms with Crippen LogP contribution in [0, 0.1) is 13.8 Å². The molecule has 0 saturated heterocycles. The molecule has 84 valence electrons. The number of aryl methyl sites for hydroxylation is 2. The lowest BCUT2D eigenvalue weighted by Gasteiger charge is -2.00. The molecule has 0 amide bonds. The summed E-state index contributed by atoms with van der Waals surface area (Å²) in [5.41, 5.74) is 3.47. The third kappa shape index (κ3) is 1.63. The molecule has 1 N–H and O–H groups in total. The van der Waals surface area contributed by atoms with Crippen LogP contribution in [0.3, 0.4) is 0 Å². The number of halogens is 1. The van der Waals surface area contributed by atoms with E-state index in [2.05, 4.69) is 20.9 Å². The van der Waals surface area contributed by atoms with Crippen molar-refractivity contribution >= 4 is 32.8 Å². The van der Waals surface area contributed by atoms with Crippen LogP contribution in [0.1, 0.15) is 21.6 Å². The van der Waals surface area contributed by atoms with E-state index in [1.807, 2.05) is 26.0 Å². The Morgan fingerprint density at radius 2 is 2.06 bits per heavy atom. The highest BCUT2D eigenvalue weighted by atomic mass is 79.9. The first-order chi connectivity index (χ1) is 7.54. The minimum atomic E-state index is -0.304. The van der Waals surface area contributed by atoms with Crippen molar-refractivity contribution in [3.8, 4) is 0 Å². The average molecular weight is 282 g/mol. The van der Waals surface area contributed by atoms with Crippen molar-refractivity contribution in [3.63, 3.8) is 0 Å². The summed E-state index contributed by atoms with van der Waals surface area (Å²) in [6.07, 6.45) is 0. The Bertz CT molecular complexity index is 572. The molecule has 0 radical (unpaired) electrons. The van der Waals surface area contributed by atoms with Gasteiger partial charge in [-0.15, -0.1) is 0 Å². The van der Waals surface area contributed by atoms with E-state index in [0.717, 1.165) is 26.6 Å². The monoisotopic (exact) mass is 281 g/mol. The Hall–Kier alpha value is -1.29. The molecule has 0 bridgehead atoms. The van der Waals surface area contributed by atoms with Gasteiger partial charge in [0.25, 0.3) is 0 Å². The molecule has 0 saturated carbocycles. The number of aromatic nitrogens is 1. The van der Waals surface area contributed by atoms with Crippen LogP contribution < -0.4 is 0 Å². The number of rotatable bonds is 1. The Balaban J connectivity index is 2.83. The number of esters is 1. The van der Waals surface area contributed by atoms with Gasteiger partial charge in [-0.1, -0.05) is 0 Å². The van der Waals surface area contributed by atoms with Crippen molar-refractivity contribution in [2.24, 2.45) is 0 Å². The van der Waals surface area contributed by atoms with Gasteiger partial charge >= 0.3 is 5.97 Å². The van der Waals surface area contributed by atoms with Gasteiger partial charge in [0, 0.05) is 15.6 Å². The molecule has 0 aliphatic rings. The Morgan fingerprint density at radius 3 is 2.69 bits per heavy atom. The van der Waals surface area contributed by atoms with Crippen LogP contribution in [-0.2, 0) is 4.74 Å². The Labute approximate surface area is 102 Å². The molecule has 16 heavy (non-hydrogen) atoms. The van der Waals surface area contributed by atoms with E-state index in [1.54, 1.807) is 0 Å². The number of hydrogen-bond donors (Lipinski definition) is 1. The summed E-state index contributed by atoms with van der Waals surface area (Å²) in [6, 6.07) is 4.00. The van der Waals surface area contributed by atoms with Crippen molar-refractivity contribution in [3.05, 3.63) is 33.4 Å². The van der Waals surface area contributed by atoms with E-state index >= 15 is 0 Å². The fourth-order valence-electron chi connectivity index (χ4n) is 1.88. The maximum atomic E-state index is 11.7. The zero-order valence-corrected chi connectivity index (χ0v) is 10.9. The minimum absolute atomic E-state index is 0.304. The number of methoxy groups -OCH3 is 1. The van der Waals surface area contributed by atoms with Crippen molar-refractivity contribution in [1.82, 2.24) is 4.98 Å². The van der Waals surface area contributed by atoms with E-state index < -0.39 is 0 Å². The lowest BCUT2D eigenvalue weighted by molar-refractivity contribution is 0.0602. The van der Waals surface area contributed by atoms with Crippen LogP contribution in [0.4, 0.5) is 0 Å². The lowest BCUT2D eigenvalue weighted by Crippen LogP contribution is -2.02. The fraction of sp³-hybridized carbons (Fsp3) is 0.250. The normalized spacial score (nSPS) is 10.8. The van der Waals surface area contributed by atoms with Crippen LogP contribution in [0.15, 0.2) is 16.6 Å². The molecule has 0 aliphatic carbocycles. The first-order valence-electron chi connectivity index (χ1n) is 4.91. The van der Waals surface area contributed by atoms with Gasteiger partial charge in [0.15, 0.2) is 0 Å². The largest absolute Gasteiger partial charge is 0.465 e. The summed E-state index contributed by atoms with van der Waals surface area (Å²) in [7, 11) is 1.39. The number of aromatic amines is 1. The zero-order valence-electron chi connectivity index (χ0n) is 9.35. The number of fused-ring (bicyclic) bond motifs is 1. The second-order valence-corrected chi connectivity index (χ2v) is 4.64. The summed E-state index contributed by atoms with van der Waals surface area (Å²) in [5, 5.41) is 0.899. The molecular formula is C12H12BrNO2. The van der Waals surface area contributed by atoms with Gasteiger partial charge in [-0.05, 0) is 47.5 Å². The third-order valence-corrected chi connectivity index (χ3v) is 3.21. The van der Waals surface area contributed by atoms with Crippen LogP contribution in [0.25, 0.3) is 10.9 Å². The van der Waals surface area contributed by atoms with E-state index in [4.69, 9.17) is 4.74 Å². The molecule has 0 fully saturated rings. The molecule has 2 aromatic rings. The standard InChI is InChI=1S/C12H12BrNO2/c1-6-4-8-10(12(15)16-3)7(2)14-11(8)9(13)5-6/h4-5,14H,1-3H3. The maximum absolute atomic E-state index is 11.7. The summed E-state index contributed by atoms with van der Waals surface area (Å²) in [4.78, 5) is 14.9. The highest BCUT2D eigenvalue weighted by Crippen LogP contribution is 2.30. The molecule has 3 nitrogen and oxygen atoms in total. The maximum Gasteiger partial charge on any atom is 0.340 e. The topological polar surface area (TPSA) is 42.1 Å². The van der Waals surface area contributed by atoms with Gasteiger partial charge in [-0.25, -0.2) is 4.79 Å². The van der Waals surface area contributed by atoms with Crippen molar-refractivity contribution < 1.29 is 9.53 Å². The van der Waals surface area contributed by atoms with Gasteiger partial charge in [0.05, 0.1) is 18.2 Å². The van der Waals surface area contributed by atoms with Gasteiger partial charge in [-0.2, -0.15) is 0 Å². The van der Waals surface area contributed by atoms with Crippen LogP contribution >= 0.6 is 15.9 Å². The Morgan fingerprint density at radius 1 is 1.38 bits per heavy atom. The molecular weight excluding hydrogens is 270 g/mol. The van der Waals surface area contributed by atoms with Gasteiger partial charge < -0.3 is 9.72 Å². The Kier molecular flexibility index (Phi) is 2.76. The number of benzene rings is 1. The van der Waals surface area contributed by atoms with E-state index in [0.29, 0.717) is 5.56 Å². The number of carbonyl (C=O) groups excluding carboxylic acids is 1. The smallest absolute Gasteiger partial charge is 0.340 e. The van der Waals surface area contributed by atoms with Crippen LogP contribution in [-0.4, -0.2) is 18.1 Å².